The second kappa shape index (κ2) is 9.67. The molecule has 8 nitrogen and oxygen atoms in total. The summed E-state index contributed by atoms with van der Waals surface area (Å²) < 4.78 is 12.6. The van der Waals surface area contributed by atoms with Crippen molar-refractivity contribution in [3.05, 3.63) is 73.2 Å². The van der Waals surface area contributed by atoms with Gasteiger partial charge in [-0.2, -0.15) is 5.10 Å². The number of hydrogen-bond donors (Lipinski definition) is 1. The normalized spacial score (nSPS) is 10.9. The molecular weight excluding hydrogens is 521 g/mol. The van der Waals surface area contributed by atoms with Gasteiger partial charge < -0.3 is 9.47 Å². The lowest BCUT2D eigenvalue weighted by Crippen LogP contribution is -2.16. The van der Waals surface area contributed by atoms with Crippen LogP contribution < -0.4 is 14.9 Å². The van der Waals surface area contributed by atoms with Crippen LogP contribution in [0.1, 0.15) is 15.2 Å². The summed E-state index contributed by atoms with van der Waals surface area (Å²) in [6.07, 6.45) is 3.14. The van der Waals surface area contributed by atoms with Gasteiger partial charge in [0, 0.05) is 22.2 Å². The van der Waals surface area contributed by atoms with Gasteiger partial charge in [0.2, 0.25) is 0 Å². The minimum atomic E-state index is -0.468. The third kappa shape index (κ3) is 4.94. The zero-order valence-electron chi connectivity index (χ0n) is 15.8. The van der Waals surface area contributed by atoms with Gasteiger partial charge in [0.05, 0.1) is 26.7 Å². The fourth-order valence-corrected chi connectivity index (χ4v) is 4.29. The lowest BCUT2D eigenvalue weighted by Gasteiger charge is -2.12. The van der Waals surface area contributed by atoms with Gasteiger partial charge in [-0.25, -0.2) is 5.43 Å². The number of ether oxygens (including phenoxy) is 2. The van der Waals surface area contributed by atoms with Crippen LogP contribution in [-0.2, 0) is 0 Å². The van der Waals surface area contributed by atoms with E-state index in [1.165, 1.54) is 29.7 Å². The maximum Gasteiger partial charge on any atom is 0.281 e. The molecule has 154 valence electrons. The Balaban J connectivity index is 1.74. The summed E-state index contributed by atoms with van der Waals surface area (Å²) >= 11 is 3.37. The van der Waals surface area contributed by atoms with E-state index in [-0.39, 0.29) is 5.69 Å². The van der Waals surface area contributed by atoms with Gasteiger partial charge in [0.25, 0.3) is 11.6 Å². The quantitative estimate of drug-likeness (QED) is 0.147. The first kappa shape index (κ1) is 21.7. The molecule has 0 aliphatic heterocycles. The monoisotopic (exact) mass is 537 g/mol. The number of nitro groups is 1. The summed E-state index contributed by atoms with van der Waals surface area (Å²) in [5.41, 5.74) is 3.17. The molecule has 1 N–H and O–H groups in total. The standard InChI is InChI=1S/C20H16IN3O5S/c1-3-6-29-19-15(21)7-12(8-16(19)28-2)11-22-23-20(25)18-10-13-9-14(24(26)27)4-5-17(13)30-18/h3-5,7-11H,1,6H2,2H3,(H,23,25)/b22-11+. The largest absolute Gasteiger partial charge is 0.493 e. The molecule has 0 unspecified atom stereocenters. The first-order valence-corrected chi connectivity index (χ1v) is 10.4. The highest BCUT2D eigenvalue weighted by Crippen LogP contribution is 2.33. The van der Waals surface area contributed by atoms with E-state index in [4.69, 9.17) is 9.47 Å². The number of halogens is 1. The van der Waals surface area contributed by atoms with Crippen LogP contribution in [0.25, 0.3) is 10.1 Å². The van der Waals surface area contributed by atoms with E-state index in [0.717, 1.165) is 13.8 Å². The molecule has 0 fully saturated rings. The first-order valence-electron chi connectivity index (χ1n) is 8.55. The number of hydrogen-bond acceptors (Lipinski definition) is 7. The van der Waals surface area contributed by atoms with Crippen molar-refractivity contribution in [1.29, 1.82) is 0 Å². The van der Waals surface area contributed by atoms with E-state index in [1.54, 1.807) is 31.4 Å². The Bertz CT molecular complexity index is 1160. The summed E-state index contributed by atoms with van der Waals surface area (Å²) in [6, 6.07) is 9.68. The summed E-state index contributed by atoms with van der Waals surface area (Å²) in [4.78, 5) is 23.2. The molecule has 3 aromatic rings. The number of fused-ring (bicyclic) bond motifs is 1. The van der Waals surface area contributed by atoms with Crippen LogP contribution in [0.2, 0.25) is 0 Å². The molecule has 0 saturated heterocycles. The Morgan fingerprint density at radius 2 is 2.17 bits per heavy atom. The molecule has 0 saturated carbocycles. The highest BCUT2D eigenvalue weighted by molar-refractivity contribution is 14.1. The smallest absolute Gasteiger partial charge is 0.281 e. The number of nitrogens with zero attached hydrogens (tertiary/aromatic N) is 2. The van der Waals surface area contributed by atoms with E-state index >= 15 is 0 Å². The molecule has 0 bridgehead atoms. The Morgan fingerprint density at radius 3 is 2.87 bits per heavy atom. The second-order valence-electron chi connectivity index (χ2n) is 5.92. The fraction of sp³-hybridized carbons (Fsp3) is 0.100. The number of hydrazone groups is 1. The highest BCUT2D eigenvalue weighted by atomic mass is 127. The number of thiophene rings is 1. The van der Waals surface area contributed by atoms with Gasteiger partial charge in [-0.15, -0.1) is 11.3 Å². The van der Waals surface area contributed by atoms with E-state index in [1.807, 2.05) is 6.07 Å². The van der Waals surface area contributed by atoms with Gasteiger partial charge in [-0.1, -0.05) is 12.7 Å². The minimum absolute atomic E-state index is 0.0191. The molecule has 0 aliphatic carbocycles. The number of benzene rings is 2. The van der Waals surface area contributed by atoms with Crippen LogP contribution in [0, 0.1) is 13.7 Å². The molecule has 0 radical (unpaired) electrons. The van der Waals surface area contributed by atoms with E-state index in [9.17, 15) is 14.9 Å². The van der Waals surface area contributed by atoms with Crippen molar-refractivity contribution in [2.75, 3.05) is 13.7 Å². The van der Waals surface area contributed by atoms with Gasteiger partial charge in [-0.3, -0.25) is 14.9 Å². The molecule has 0 spiro atoms. The average Bonchev–Trinajstić information content (AvgIpc) is 3.16. The maximum atomic E-state index is 12.4. The molecule has 0 atom stereocenters. The molecule has 10 heteroatoms. The molecule has 30 heavy (non-hydrogen) atoms. The predicted molar refractivity (Wildman–Crippen MR) is 125 cm³/mol. The zero-order chi connectivity index (χ0) is 21.7. The molecule has 1 aromatic heterocycles. The van der Waals surface area contributed by atoms with Gasteiger partial charge >= 0.3 is 0 Å². The third-order valence-corrected chi connectivity index (χ3v) is 5.83. The number of methoxy groups -OCH3 is 1. The molecule has 0 aliphatic rings. The number of nitro benzene ring substituents is 1. The zero-order valence-corrected chi connectivity index (χ0v) is 18.7. The molecule has 1 amide bonds. The minimum Gasteiger partial charge on any atom is -0.493 e. The molecule has 2 aromatic carbocycles. The topological polar surface area (TPSA) is 103 Å². The molecule has 1 heterocycles. The second-order valence-corrected chi connectivity index (χ2v) is 8.17. The van der Waals surface area contributed by atoms with Crippen molar-refractivity contribution < 1.29 is 19.2 Å². The van der Waals surface area contributed by atoms with E-state index < -0.39 is 10.8 Å². The van der Waals surface area contributed by atoms with Gasteiger partial charge in [0.1, 0.15) is 6.61 Å². The Morgan fingerprint density at radius 1 is 1.37 bits per heavy atom. The number of non-ortho nitro benzene ring substituents is 1. The van der Waals surface area contributed by atoms with E-state index in [0.29, 0.717) is 28.4 Å². The third-order valence-electron chi connectivity index (χ3n) is 3.91. The Kier molecular flexibility index (Phi) is 7.00. The maximum absolute atomic E-state index is 12.4. The summed E-state index contributed by atoms with van der Waals surface area (Å²) in [5, 5.41) is 15.5. The van der Waals surface area contributed by atoms with Crippen molar-refractivity contribution in [1.82, 2.24) is 5.43 Å². The van der Waals surface area contributed by atoms with Gasteiger partial charge in [-0.05, 0) is 52.4 Å². The predicted octanol–water partition coefficient (Wildman–Crippen LogP) is 4.75. The summed E-state index contributed by atoms with van der Waals surface area (Å²) in [7, 11) is 1.54. The van der Waals surface area contributed by atoms with Crippen molar-refractivity contribution >= 4 is 61.8 Å². The lowest BCUT2D eigenvalue weighted by atomic mass is 10.2. The van der Waals surface area contributed by atoms with Crippen LogP contribution >= 0.6 is 33.9 Å². The fourth-order valence-electron chi connectivity index (χ4n) is 2.57. The summed E-state index contributed by atoms with van der Waals surface area (Å²) in [5.74, 6) is 0.754. The summed E-state index contributed by atoms with van der Waals surface area (Å²) in [6.45, 7) is 3.98. The van der Waals surface area contributed by atoms with Crippen LogP contribution in [0.4, 0.5) is 5.69 Å². The lowest BCUT2D eigenvalue weighted by molar-refractivity contribution is -0.384. The van der Waals surface area contributed by atoms with Crippen molar-refractivity contribution in [3.63, 3.8) is 0 Å². The van der Waals surface area contributed by atoms with Crippen molar-refractivity contribution in [2.24, 2.45) is 5.10 Å². The number of carbonyl (C=O) groups excluding carboxylic acids is 1. The highest BCUT2D eigenvalue weighted by Gasteiger charge is 2.13. The van der Waals surface area contributed by atoms with Crippen LogP contribution in [0.5, 0.6) is 11.5 Å². The Hall–Kier alpha value is -2.99. The van der Waals surface area contributed by atoms with E-state index in [2.05, 4.69) is 39.7 Å². The van der Waals surface area contributed by atoms with Crippen LogP contribution in [-0.4, -0.2) is 30.8 Å². The van der Waals surface area contributed by atoms with Gasteiger partial charge in [0.15, 0.2) is 11.5 Å². The number of amides is 1. The number of nitrogens with one attached hydrogen (secondary N) is 1. The first-order chi connectivity index (χ1) is 14.4. The van der Waals surface area contributed by atoms with Crippen LogP contribution in [0.3, 0.4) is 0 Å². The number of rotatable bonds is 8. The number of carbonyl (C=O) groups is 1. The SMILES string of the molecule is C=CCOc1c(I)cc(/C=N/NC(=O)c2cc3cc([N+](=O)[O-])ccc3s2)cc1OC. The Labute approximate surface area is 189 Å². The van der Waals surface area contributed by atoms with Crippen molar-refractivity contribution in [3.8, 4) is 11.5 Å². The molecular formula is C20H16IN3O5S. The molecule has 3 rings (SSSR count). The average molecular weight is 537 g/mol. The van der Waals surface area contributed by atoms with Crippen LogP contribution in [0.15, 0.2) is 54.2 Å². The van der Waals surface area contributed by atoms with Crippen molar-refractivity contribution in [2.45, 2.75) is 0 Å².